The molecule has 0 aliphatic heterocycles. The maximum absolute atomic E-state index is 11.9. The molecule has 2 aromatic carbocycles. The molecule has 0 atom stereocenters. The monoisotopic (exact) mass is 290 g/mol. The van der Waals surface area contributed by atoms with Crippen molar-refractivity contribution in [3.05, 3.63) is 58.7 Å². The highest BCUT2D eigenvalue weighted by molar-refractivity contribution is 5.68. The number of hydrogen-bond donors (Lipinski definition) is 0. The van der Waals surface area contributed by atoms with Crippen LogP contribution in [0.25, 0.3) is 0 Å². The van der Waals surface area contributed by atoms with Crippen LogP contribution >= 0.6 is 0 Å². The fourth-order valence-electron chi connectivity index (χ4n) is 1.91. The average molecular weight is 290 g/mol. The maximum atomic E-state index is 11.9. The molecule has 3 heteroatoms. The molecule has 0 bridgehead atoms. The van der Waals surface area contributed by atoms with Crippen LogP contribution < -0.4 is 9.47 Å². The van der Waals surface area contributed by atoms with Crippen molar-refractivity contribution in [2.45, 2.75) is 13.8 Å². The van der Waals surface area contributed by atoms with Crippen molar-refractivity contribution in [3.63, 3.8) is 0 Å². The first kappa shape index (κ1) is 15.2. The molecule has 0 saturated heterocycles. The van der Waals surface area contributed by atoms with Crippen molar-refractivity contribution in [1.29, 1.82) is 0 Å². The van der Waals surface area contributed by atoms with Crippen LogP contribution in [0.5, 0.6) is 11.5 Å². The van der Waals surface area contributed by atoms with E-state index in [0.717, 1.165) is 22.3 Å². The van der Waals surface area contributed by atoms with Crippen molar-refractivity contribution >= 4 is 6.16 Å². The standard InChI is InChI=1S/C19H14O3/c1-5-15-7-9-17(13(3)11-15)21-19(20)22-18-10-8-16(6-2)12-14(18)4/h1-2,7-12H,3-4H3. The molecule has 0 radical (unpaired) electrons. The second-order valence-electron chi connectivity index (χ2n) is 4.70. The third kappa shape index (κ3) is 3.48. The van der Waals surface area contributed by atoms with E-state index in [1.54, 1.807) is 50.2 Å². The summed E-state index contributed by atoms with van der Waals surface area (Å²) in [6.07, 6.45) is 9.82. The first-order chi connectivity index (χ1) is 10.5. The zero-order chi connectivity index (χ0) is 16.1. The summed E-state index contributed by atoms with van der Waals surface area (Å²) < 4.78 is 10.4. The molecule has 0 aliphatic rings. The molecule has 2 aromatic rings. The summed E-state index contributed by atoms with van der Waals surface area (Å²) in [5, 5.41) is 0. The minimum Gasteiger partial charge on any atom is -0.394 e. The van der Waals surface area contributed by atoms with Gasteiger partial charge < -0.3 is 9.47 Å². The molecule has 0 amide bonds. The Bertz CT molecular complexity index is 737. The largest absolute Gasteiger partial charge is 0.519 e. The molecule has 22 heavy (non-hydrogen) atoms. The van der Waals surface area contributed by atoms with Gasteiger partial charge in [0.15, 0.2) is 0 Å². The van der Waals surface area contributed by atoms with Crippen LogP contribution in [0.15, 0.2) is 36.4 Å². The Labute approximate surface area is 129 Å². The lowest BCUT2D eigenvalue weighted by molar-refractivity contribution is 0.151. The molecule has 0 unspecified atom stereocenters. The van der Waals surface area contributed by atoms with E-state index in [1.807, 2.05) is 0 Å². The van der Waals surface area contributed by atoms with Gasteiger partial charge in [0.05, 0.1) is 0 Å². The van der Waals surface area contributed by atoms with E-state index in [9.17, 15) is 4.79 Å². The molecular formula is C19H14O3. The quantitative estimate of drug-likeness (QED) is 0.479. The van der Waals surface area contributed by atoms with Crippen LogP contribution in [0.4, 0.5) is 4.79 Å². The zero-order valence-corrected chi connectivity index (χ0v) is 12.3. The van der Waals surface area contributed by atoms with Crippen LogP contribution in [0.2, 0.25) is 0 Å². The molecule has 3 nitrogen and oxygen atoms in total. The Balaban J connectivity index is 2.11. The van der Waals surface area contributed by atoms with Gasteiger partial charge in [-0.25, -0.2) is 4.79 Å². The van der Waals surface area contributed by atoms with E-state index in [0.29, 0.717) is 11.5 Å². The van der Waals surface area contributed by atoms with Crippen molar-refractivity contribution in [2.24, 2.45) is 0 Å². The van der Waals surface area contributed by atoms with Crippen LogP contribution in [0.3, 0.4) is 0 Å². The summed E-state index contributed by atoms with van der Waals surface area (Å²) in [5.41, 5.74) is 2.96. The average Bonchev–Trinajstić information content (AvgIpc) is 2.51. The number of hydrogen-bond acceptors (Lipinski definition) is 3. The Hall–Kier alpha value is -3.17. The predicted molar refractivity (Wildman–Crippen MR) is 84.9 cm³/mol. The lowest BCUT2D eigenvalue weighted by Gasteiger charge is -2.10. The van der Waals surface area contributed by atoms with Gasteiger partial charge in [-0.3, -0.25) is 0 Å². The van der Waals surface area contributed by atoms with E-state index < -0.39 is 6.16 Å². The summed E-state index contributed by atoms with van der Waals surface area (Å²) in [6.45, 7) is 3.60. The third-order valence-electron chi connectivity index (χ3n) is 3.07. The van der Waals surface area contributed by atoms with Gasteiger partial charge in [-0.05, 0) is 61.4 Å². The second kappa shape index (κ2) is 6.52. The lowest BCUT2D eigenvalue weighted by atomic mass is 10.1. The van der Waals surface area contributed by atoms with Gasteiger partial charge in [0.1, 0.15) is 11.5 Å². The van der Waals surface area contributed by atoms with Crippen molar-refractivity contribution in [1.82, 2.24) is 0 Å². The second-order valence-corrected chi connectivity index (χ2v) is 4.70. The van der Waals surface area contributed by atoms with Crippen LogP contribution in [-0.2, 0) is 0 Å². The smallest absolute Gasteiger partial charge is 0.394 e. The van der Waals surface area contributed by atoms with Gasteiger partial charge in [0.25, 0.3) is 0 Å². The van der Waals surface area contributed by atoms with Crippen molar-refractivity contribution in [3.8, 4) is 36.2 Å². The fourth-order valence-corrected chi connectivity index (χ4v) is 1.91. The van der Waals surface area contributed by atoms with E-state index in [4.69, 9.17) is 22.3 Å². The predicted octanol–water partition coefficient (Wildman–Crippen LogP) is 3.84. The molecule has 108 valence electrons. The van der Waals surface area contributed by atoms with Gasteiger partial charge in [0.2, 0.25) is 0 Å². The highest BCUT2D eigenvalue weighted by Crippen LogP contribution is 2.22. The topological polar surface area (TPSA) is 35.5 Å². The SMILES string of the molecule is C#Cc1ccc(OC(=O)Oc2ccc(C#C)cc2C)c(C)c1. The van der Waals surface area contributed by atoms with E-state index in [1.165, 1.54) is 0 Å². The first-order valence-corrected chi connectivity index (χ1v) is 6.57. The van der Waals surface area contributed by atoms with Gasteiger partial charge in [-0.1, -0.05) is 11.8 Å². The molecule has 2 rings (SSSR count). The van der Waals surface area contributed by atoms with E-state index in [-0.39, 0.29) is 0 Å². The number of terminal acetylenes is 2. The molecule has 0 saturated carbocycles. The fraction of sp³-hybridized carbons (Fsp3) is 0.105. The number of aryl methyl sites for hydroxylation is 2. The lowest BCUT2D eigenvalue weighted by Crippen LogP contribution is -2.15. The molecule has 0 spiro atoms. The number of ether oxygens (including phenoxy) is 2. The Morgan fingerprint density at radius 2 is 1.27 bits per heavy atom. The number of rotatable bonds is 2. The highest BCUT2D eigenvalue weighted by atomic mass is 16.7. The van der Waals surface area contributed by atoms with E-state index >= 15 is 0 Å². The van der Waals surface area contributed by atoms with Crippen LogP contribution in [-0.4, -0.2) is 6.16 Å². The number of carbonyl (C=O) groups is 1. The van der Waals surface area contributed by atoms with Gasteiger partial charge in [0, 0.05) is 11.1 Å². The Kier molecular flexibility index (Phi) is 4.51. The van der Waals surface area contributed by atoms with Gasteiger partial charge in [-0.2, -0.15) is 0 Å². The Morgan fingerprint density at radius 1 is 0.864 bits per heavy atom. The number of benzene rings is 2. The molecule has 0 N–H and O–H groups in total. The molecule has 0 aliphatic carbocycles. The Morgan fingerprint density at radius 3 is 1.59 bits per heavy atom. The maximum Gasteiger partial charge on any atom is 0.519 e. The van der Waals surface area contributed by atoms with Gasteiger partial charge in [-0.15, -0.1) is 12.8 Å². The molecule has 0 fully saturated rings. The summed E-state index contributed by atoms with van der Waals surface area (Å²) in [5.74, 6) is 5.85. The summed E-state index contributed by atoms with van der Waals surface area (Å²) in [7, 11) is 0. The summed E-state index contributed by atoms with van der Waals surface area (Å²) in [6, 6.07) is 10.2. The summed E-state index contributed by atoms with van der Waals surface area (Å²) >= 11 is 0. The number of carbonyl (C=O) groups excluding carboxylic acids is 1. The highest BCUT2D eigenvalue weighted by Gasteiger charge is 2.12. The van der Waals surface area contributed by atoms with Crippen LogP contribution in [0.1, 0.15) is 22.3 Å². The van der Waals surface area contributed by atoms with Crippen molar-refractivity contribution in [2.75, 3.05) is 0 Å². The molecule has 0 aromatic heterocycles. The minimum absolute atomic E-state index is 0.405. The summed E-state index contributed by atoms with van der Waals surface area (Å²) in [4.78, 5) is 11.9. The minimum atomic E-state index is -0.812. The zero-order valence-electron chi connectivity index (χ0n) is 12.3. The molecule has 0 heterocycles. The van der Waals surface area contributed by atoms with Crippen LogP contribution in [0, 0.1) is 38.5 Å². The van der Waals surface area contributed by atoms with E-state index in [2.05, 4.69) is 11.8 Å². The molecular weight excluding hydrogens is 276 g/mol. The normalized spacial score (nSPS) is 9.45. The van der Waals surface area contributed by atoms with Crippen molar-refractivity contribution < 1.29 is 14.3 Å². The van der Waals surface area contributed by atoms with Gasteiger partial charge >= 0.3 is 6.16 Å². The third-order valence-corrected chi connectivity index (χ3v) is 3.07. The first-order valence-electron chi connectivity index (χ1n) is 6.57.